The minimum atomic E-state index is -5.02. The van der Waals surface area contributed by atoms with Crippen LogP contribution in [0.15, 0.2) is 171 Å². The first-order chi connectivity index (χ1) is 62.7. The number of aliphatic imine (C=N–C) groups is 4. The maximum atomic E-state index is 12.8. The molecule has 2 N–H and O–H groups in total. The van der Waals surface area contributed by atoms with Crippen LogP contribution in [0.5, 0.6) is 0 Å². The molecule has 8 aromatic carbocycles. The molecule has 6 heterocycles. The predicted molar refractivity (Wildman–Crippen MR) is 526 cm³/mol. The summed E-state index contributed by atoms with van der Waals surface area (Å²) in [4.78, 5) is 30.2. The van der Waals surface area contributed by atoms with Gasteiger partial charge in [0.15, 0.2) is 0 Å². The molecule has 6 bridgehead atoms. The summed E-state index contributed by atoms with van der Waals surface area (Å²) < 4.78 is 125. The molecule has 4 aliphatic rings. The van der Waals surface area contributed by atoms with Gasteiger partial charge in [-0.05, 0) is 38.5 Å². The summed E-state index contributed by atoms with van der Waals surface area (Å²) in [5.41, 5.74) is 2.28. The predicted octanol–water partition coefficient (Wildman–Crippen LogP) is 24.4. The number of aromatic nitrogens is 2. The average molecular weight is 1910 g/mol. The molecule has 0 amide bonds. The van der Waals surface area contributed by atoms with Gasteiger partial charge in [-0.25, -0.2) is 0 Å². The van der Waals surface area contributed by atoms with Crippen LogP contribution in [0.2, 0.25) is 0 Å². The van der Waals surface area contributed by atoms with Gasteiger partial charge in [-0.1, -0.05) is 290 Å². The Hall–Kier alpha value is -7.32. The van der Waals surface area contributed by atoms with Crippen molar-refractivity contribution < 1.29 is 63.5 Å². The molecule has 0 saturated carbocycles. The summed E-state index contributed by atoms with van der Waals surface area (Å²) >= 11 is -1.74. The summed E-state index contributed by atoms with van der Waals surface area (Å²) in [7, 11) is -12.4. The van der Waals surface area contributed by atoms with E-state index in [1.54, 1.807) is 60.7 Å². The Labute approximate surface area is 783 Å². The standard InChI is InChI=1S/C55H114N.C48H24N8O12S4.Ga.H2O/c1-5-8-11-14-17-20-23-26-29-32-35-38-41-44-47-50-53-56(4,54-51-48-45-42-39-36-33-30-27-24-21-18-15-12-9-6-2)55-52-49-46-43-40-37-34-31-28-25-22-19-16-13-10-7-3;57-67-68-69-37-9-1-5-21-13-29-33(17-25(21)37)45-49-41(29)51-46-35-19-27-23(7-3-11-39(27)71(61,62)63)15-31(35)43(53-46)55-48-36-20-28-24(8-4-12-40(28)72(64,65)66)16-32(36)44(56-48)54-47-34-18-26-22(14-30(34)42(50-45)52-47)6-2-10-38(26)70(58,59)60;;/h5-55H2,1-4H3;1-20H,(H4-2,49,50,51,52,53,54,55,56,57,58,59,60,61,62,63,64,65,66);;1H2/q+1;-2;+2;/p-4. The SMILES string of the molecule is CCCCCCCCCCCCCCCCCC[N+](C)(CCCCCCCCCCCCCCCCCC)CCCCCCCCCCCCCCCCCC.O.O=S(=O)([O-])c1cccc2cc3c(cc12)C1=Nc2c4cc5cccc(S(=O)(=O)[O-])c5cc4c4[n]2[Ga][n]2c(c5cc6cccc(S(=O)(=O)[O-])c6cc5c2=NC3=N1)=NC1=NC(=N4)c2cc3cccc(SOO[O-])c3cc21. The molecule has 10 aromatic rings. The fraction of sp³-hybridized carbons (Fsp3) is 0.534. The minimum absolute atomic E-state index is 0. The van der Waals surface area contributed by atoms with Gasteiger partial charge in [-0.3, -0.25) is 0 Å². The number of amidine groups is 4. The molecule has 27 heteroatoms. The molecule has 1 radical (unpaired) electrons. The maximum absolute atomic E-state index is 12.8. The van der Waals surface area contributed by atoms with E-state index in [9.17, 15) is 44.2 Å². The Bertz CT molecular complexity index is 6040. The molecule has 130 heavy (non-hydrogen) atoms. The second-order valence-electron chi connectivity index (χ2n) is 36.9. The van der Waals surface area contributed by atoms with E-state index in [-0.39, 0.29) is 62.1 Å². The molecule has 0 saturated heterocycles. The van der Waals surface area contributed by atoms with Crippen LogP contribution in [0.25, 0.3) is 64.6 Å². The van der Waals surface area contributed by atoms with Crippen molar-refractivity contribution in [2.45, 2.75) is 349 Å². The molecule has 0 spiro atoms. The van der Waals surface area contributed by atoms with Crippen LogP contribution in [0.1, 0.15) is 351 Å². The first kappa shape index (κ1) is 102. The first-order valence-corrected chi connectivity index (χ1v) is 56.2. The molecule has 0 atom stereocenters. The van der Waals surface area contributed by atoms with Crippen LogP contribution >= 0.6 is 12.0 Å². The fourth-order valence-electron chi connectivity index (χ4n) is 19.6. The van der Waals surface area contributed by atoms with E-state index in [1.165, 1.54) is 375 Å². The summed E-state index contributed by atoms with van der Waals surface area (Å²) in [5.74, 6) is 1.07. The third-order valence-electron chi connectivity index (χ3n) is 26.9. The summed E-state index contributed by atoms with van der Waals surface area (Å²) in [5, 5.41) is 19.1. The molecular weight excluding hydrogens is 1770 g/mol. The molecule has 0 unspecified atom stereocenters. The monoisotopic (exact) mass is 1900 g/mol. The van der Waals surface area contributed by atoms with Crippen molar-refractivity contribution in [1.82, 2.24) is 6.55 Å². The van der Waals surface area contributed by atoms with E-state index in [2.05, 4.69) is 32.9 Å². The van der Waals surface area contributed by atoms with Crippen LogP contribution in [0, 0.1) is 0 Å². The van der Waals surface area contributed by atoms with Gasteiger partial charge in [0.1, 0.15) is 0 Å². The van der Waals surface area contributed by atoms with E-state index in [4.69, 9.17) is 34.3 Å². The number of hydrogen-bond donors (Lipinski definition) is 0. The third-order valence-corrected chi connectivity index (χ3v) is 33.2. The number of hydrogen-bond acceptors (Lipinski definition) is 19. The second kappa shape index (κ2) is 50.3. The van der Waals surface area contributed by atoms with Crippen molar-refractivity contribution in [2.24, 2.45) is 30.0 Å². The van der Waals surface area contributed by atoms with E-state index in [0.717, 1.165) is 0 Å². The van der Waals surface area contributed by atoms with Crippen molar-refractivity contribution in [3.05, 3.63) is 155 Å². The normalized spacial score (nSPS) is 13.5. The summed E-state index contributed by atoms with van der Waals surface area (Å²) in [6, 6.07) is 31.7. The Morgan fingerprint density at radius 3 is 0.931 bits per heavy atom. The zero-order valence-electron chi connectivity index (χ0n) is 77.2. The van der Waals surface area contributed by atoms with Crippen molar-refractivity contribution >= 4 is 160 Å². The molecule has 4 aliphatic heterocycles. The first-order valence-electron chi connectivity index (χ1n) is 49.0. The van der Waals surface area contributed by atoms with Crippen molar-refractivity contribution in [3.63, 3.8) is 0 Å². The Kier molecular flexibility index (Phi) is 39.3. The molecular formula is C103H136GaN9O13S4-3. The Morgan fingerprint density at radius 2 is 0.585 bits per heavy atom. The van der Waals surface area contributed by atoms with Gasteiger partial charge in [0, 0.05) is 0 Å². The molecule has 0 fully saturated rings. The van der Waals surface area contributed by atoms with Crippen molar-refractivity contribution in [3.8, 4) is 0 Å². The zero-order chi connectivity index (χ0) is 90.6. The fourth-order valence-corrected chi connectivity index (χ4v) is 25.2. The summed E-state index contributed by atoms with van der Waals surface area (Å²) in [6.45, 7) is 11.3. The van der Waals surface area contributed by atoms with E-state index in [0.29, 0.717) is 93.2 Å². The number of nitrogens with zero attached hydrogens (tertiary/aromatic N) is 9. The van der Waals surface area contributed by atoms with Crippen molar-refractivity contribution in [1.29, 1.82) is 0 Å². The number of fused-ring (bicyclic) bond motifs is 18. The van der Waals surface area contributed by atoms with Crippen LogP contribution in [0.3, 0.4) is 0 Å². The van der Waals surface area contributed by atoms with Gasteiger partial charge < -0.3 is 9.96 Å². The van der Waals surface area contributed by atoms with Gasteiger partial charge in [0.05, 0.1) is 26.7 Å². The van der Waals surface area contributed by atoms with Crippen LogP contribution in [0.4, 0.5) is 11.6 Å². The second-order valence-corrected chi connectivity index (χ2v) is 44.3. The summed E-state index contributed by atoms with van der Waals surface area (Å²) in [6.07, 6.45) is 70.7. The van der Waals surface area contributed by atoms with Gasteiger partial charge in [-0.2, -0.15) is 0 Å². The van der Waals surface area contributed by atoms with E-state index >= 15 is 0 Å². The molecule has 14 rings (SSSR count). The van der Waals surface area contributed by atoms with E-state index in [1.807, 2.05) is 24.7 Å². The van der Waals surface area contributed by atoms with E-state index < -0.39 is 62.9 Å². The van der Waals surface area contributed by atoms with Crippen LogP contribution in [-0.2, 0) is 39.7 Å². The molecule has 0 aliphatic carbocycles. The Balaban J connectivity index is 0.000000244. The van der Waals surface area contributed by atoms with Crippen molar-refractivity contribution in [2.75, 3.05) is 26.7 Å². The molecule has 701 valence electrons. The topological polar surface area (TPSA) is 329 Å². The zero-order valence-corrected chi connectivity index (χ0v) is 82.9. The third kappa shape index (κ3) is 27.3. The quantitative estimate of drug-likeness (QED) is 0.00651. The van der Waals surface area contributed by atoms with Gasteiger partial charge in [0.25, 0.3) is 0 Å². The van der Waals surface area contributed by atoms with Gasteiger partial charge in [-0.15, -0.1) is 0 Å². The average Bonchev–Trinajstić information content (AvgIpc) is 1.55. The van der Waals surface area contributed by atoms with Gasteiger partial charge in [0.2, 0.25) is 0 Å². The number of rotatable bonds is 57. The Morgan fingerprint density at radius 1 is 0.315 bits per heavy atom. The molecule has 2 aromatic heterocycles. The van der Waals surface area contributed by atoms with Crippen LogP contribution < -0.4 is 16.2 Å². The molecule has 22 nitrogen and oxygen atoms in total. The number of unbranched alkanes of at least 4 members (excludes halogenated alkanes) is 45. The number of quaternary nitrogens is 1. The van der Waals surface area contributed by atoms with Gasteiger partial charge >= 0.3 is 424 Å². The number of benzene rings is 8. The van der Waals surface area contributed by atoms with Crippen LogP contribution in [-0.4, -0.2) is 123 Å².